The minimum absolute atomic E-state index is 0.183. The highest BCUT2D eigenvalue weighted by Crippen LogP contribution is 2.28. The first-order valence-corrected chi connectivity index (χ1v) is 15.7. The zero-order valence-electron chi connectivity index (χ0n) is 22.1. The molecule has 0 N–H and O–H groups in total. The number of unbranched alkanes of at least 4 members (excludes halogenated alkanes) is 5. The fourth-order valence-corrected chi connectivity index (χ4v) is 7.88. The second-order valence-electron chi connectivity index (χ2n) is 10.6. The summed E-state index contributed by atoms with van der Waals surface area (Å²) in [6.07, 6.45) is 10.2. The second kappa shape index (κ2) is 13.8. The van der Waals surface area contributed by atoms with Crippen LogP contribution in [0.25, 0.3) is 0 Å². The number of hydrogen-bond donors (Lipinski definition) is 0. The number of sulfonamides is 1. The average Bonchev–Trinajstić information content (AvgIpc) is 3.54. The molecule has 0 bridgehead atoms. The highest BCUT2D eigenvalue weighted by molar-refractivity contribution is 7.89. The van der Waals surface area contributed by atoms with E-state index in [1.54, 1.807) is 28.6 Å². The van der Waals surface area contributed by atoms with Crippen LogP contribution in [0.1, 0.15) is 91.3 Å². The zero-order valence-corrected chi connectivity index (χ0v) is 22.9. The number of rotatable bonds is 15. The smallest absolute Gasteiger partial charge is 0.261 e. The van der Waals surface area contributed by atoms with E-state index in [0.29, 0.717) is 30.8 Å². The number of ether oxygens (including phenoxy) is 1. The average molecular weight is 534 g/mol. The third-order valence-electron chi connectivity index (χ3n) is 7.99. The first-order valence-electron chi connectivity index (χ1n) is 14.2. The number of carbonyl (C=O) groups excluding carboxylic acids is 2. The Kier molecular flexibility index (Phi) is 10.5. The molecule has 3 aliphatic rings. The van der Waals surface area contributed by atoms with Crippen LogP contribution in [-0.4, -0.2) is 92.1 Å². The van der Waals surface area contributed by atoms with E-state index in [0.717, 1.165) is 103 Å². The molecule has 1 saturated heterocycles. The van der Waals surface area contributed by atoms with Crippen LogP contribution >= 0.6 is 0 Å². The van der Waals surface area contributed by atoms with E-state index in [4.69, 9.17) is 4.74 Å². The maximum absolute atomic E-state index is 13.3. The van der Waals surface area contributed by atoms with Crippen molar-refractivity contribution in [2.45, 2.75) is 75.9 Å². The Balaban J connectivity index is 1.14. The molecule has 0 spiro atoms. The molecule has 37 heavy (non-hydrogen) atoms. The number of imide groups is 1. The Morgan fingerprint density at radius 1 is 0.784 bits per heavy atom. The minimum Gasteiger partial charge on any atom is -0.379 e. The topological polar surface area (TPSA) is 87.2 Å². The molecule has 2 aliphatic heterocycles. The van der Waals surface area contributed by atoms with Crippen molar-refractivity contribution in [2.75, 3.05) is 52.5 Å². The van der Waals surface area contributed by atoms with Crippen LogP contribution < -0.4 is 0 Å². The highest BCUT2D eigenvalue weighted by Gasteiger charge is 2.35. The molecular weight excluding hydrogens is 490 g/mol. The predicted molar refractivity (Wildman–Crippen MR) is 144 cm³/mol. The molecule has 9 heteroatoms. The van der Waals surface area contributed by atoms with E-state index in [1.165, 1.54) is 4.90 Å². The Labute approximate surface area is 222 Å². The van der Waals surface area contributed by atoms with Gasteiger partial charge in [-0.1, -0.05) is 50.7 Å². The number of hydrogen-bond acceptors (Lipinski definition) is 6. The summed E-state index contributed by atoms with van der Waals surface area (Å²) in [5.74, 6) is -0.365. The highest BCUT2D eigenvalue weighted by atomic mass is 32.2. The number of fused-ring (bicyclic) bond motifs is 1. The van der Waals surface area contributed by atoms with Crippen molar-refractivity contribution < 1.29 is 22.7 Å². The van der Waals surface area contributed by atoms with Gasteiger partial charge < -0.3 is 4.74 Å². The predicted octanol–water partition coefficient (Wildman–Crippen LogP) is 3.92. The van der Waals surface area contributed by atoms with Gasteiger partial charge in [-0.25, -0.2) is 12.7 Å². The Bertz CT molecular complexity index is 968. The van der Waals surface area contributed by atoms with Gasteiger partial charge >= 0.3 is 0 Å². The third kappa shape index (κ3) is 7.40. The molecule has 0 atom stereocenters. The molecule has 2 amide bonds. The Morgan fingerprint density at radius 2 is 1.35 bits per heavy atom. The van der Waals surface area contributed by atoms with Crippen molar-refractivity contribution in [1.29, 1.82) is 0 Å². The van der Waals surface area contributed by atoms with Gasteiger partial charge in [-0.05, 0) is 50.8 Å². The van der Waals surface area contributed by atoms with Gasteiger partial charge in [-0.15, -0.1) is 0 Å². The zero-order chi connectivity index (χ0) is 26.1. The summed E-state index contributed by atoms with van der Waals surface area (Å²) >= 11 is 0. The Hall–Kier alpha value is -1.81. The van der Waals surface area contributed by atoms with E-state index in [2.05, 4.69) is 4.90 Å². The molecule has 0 unspecified atom stereocenters. The van der Waals surface area contributed by atoms with Crippen LogP contribution in [0.15, 0.2) is 24.3 Å². The molecule has 0 aromatic heterocycles. The van der Waals surface area contributed by atoms with E-state index in [9.17, 15) is 18.0 Å². The lowest BCUT2D eigenvalue weighted by molar-refractivity contribution is 0.0369. The van der Waals surface area contributed by atoms with Crippen molar-refractivity contribution in [1.82, 2.24) is 14.1 Å². The fraction of sp³-hybridized carbons (Fsp3) is 0.714. The van der Waals surface area contributed by atoms with Crippen molar-refractivity contribution in [3.8, 4) is 0 Å². The number of morpholine rings is 1. The van der Waals surface area contributed by atoms with Gasteiger partial charge in [0.2, 0.25) is 10.0 Å². The molecule has 2 fully saturated rings. The number of carbonyl (C=O) groups is 2. The molecule has 1 aliphatic carbocycles. The SMILES string of the molecule is O=C1c2ccccc2C(=O)N1CCCCCCCCN(CCCN1CCOCC1)S(=O)(=O)C1CCCC1. The monoisotopic (exact) mass is 533 g/mol. The third-order valence-corrected chi connectivity index (χ3v) is 10.4. The van der Waals surface area contributed by atoms with Crippen LogP contribution in [0, 0.1) is 0 Å². The van der Waals surface area contributed by atoms with Gasteiger partial charge in [0.25, 0.3) is 11.8 Å². The lowest BCUT2D eigenvalue weighted by Crippen LogP contribution is -2.41. The van der Waals surface area contributed by atoms with Crippen molar-refractivity contribution in [3.05, 3.63) is 35.4 Å². The first kappa shape index (κ1) is 28.2. The quantitative estimate of drug-likeness (QED) is 0.251. The molecule has 1 aromatic carbocycles. The van der Waals surface area contributed by atoms with Gasteiger partial charge in [-0.3, -0.25) is 19.4 Å². The fourth-order valence-electron chi connectivity index (χ4n) is 5.77. The molecule has 2 heterocycles. The standard InChI is InChI=1S/C28H43N3O5S/c32-27-25-14-7-8-15-26(25)28(33)31(27)19-10-4-2-1-3-9-17-30(37(34,35)24-12-5-6-13-24)18-11-16-29-20-22-36-23-21-29/h7-8,14-15,24H,1-6,9-13,16-23H2. The van der Waals surface area contributed by atoms with Crippen LogP contribution in [0.5, 0.6) is 0 Å². The number of benzene rings is 1. The van der Waals surface area contributed by atoms with Gasteiger partial charge in [0.05, 0.1) is 29.6 Å². The lowest BCUT2D eigenvalue weighted by Gasteiger charge is -2.29. The van der Waals surface area contributed by atoms with E-state index >= 15 is 0 Å². The minimum atomic E-state index is -3.23. The summed E-state index contributed by atoms with van der Waals surface area (Å²) < 4.78 is 33.8. The van der Waals surface area contributed by atoms with Crippen LogP contribution in [0.4, 0.5) is 0 Å². The second-order valence-corrected chi connectivity index (χ2v) is 12.8. The number of nitrogens with zero attached hydrogens (tertiary/aromatic N) is 3. The molecule has 1 saturated carbocycles. The van der Waals surface area contributed by atoms with Crippen LogP contribution in [0.3, 0.4) is 0 Å². The van der Waals surface area contributed by atoms with Crippen molar-refractivity contribution in [2.24, 2.45) is 0 Å². The molecule has 1 aromatic rings. The molecule has 8 nitrogen and oxygen atoms in total. The maximum atomic E-state index is 13.3. The van der Waals surface area contributed by atoms with Crippen LogP contribution in [0.2, 0.25) is 0 Å². The summed E-state index contributed by atoms with van der Waals surface area (Å²) in [6, 6.07) is 7.01. The molecule has 206 valence electrons. The van der Waals surface area contributed by atoms with Gasteiger partial charge in [0.15, 0.2) is 0 Å². The van der Waals surface area contributed by atoms with Gasteiger partial charge in [0, 0.05) is 32.7 Å². The molecular formula is C28H43N3O5S. The summed E-state index contributed by atoms with van der Waals surface area (Å²) in [5.41, 5.74) is 1.02. The van der Waals surface area contributed by atoms with Gasteiger partial charge in [0.1, 0.15) is 0 Å². The van der Waals surface area contributed by atoms with Gasteiger partial charge in [-0.2, -0.15) is 0 Å². The van der Waals surface area contributed by atoms with Crippen molar-refractivity contribution in [3.63, 3.8) is 0 Å². The maximum Gasteiger partial charge on any atom is 0.261 e. The van der Waals surface area contributed by atoms with Crippen molar-refractivity contribution >= 4 is 21.8 Å². The lowest BCUT2D eigenvalue weighted by atomic mass is 10.1. The van der Waals surface area contributed by atoms with E-state index < -0.39 is 10.0 Å². The summed E-state index contributed by atoms with van der Waals surface area (Å²) in [7, 11) is -3.23. The van der Waals surface area contributed by atoms with E-state index in [-0.39, 0.29) is 17.1 Å². The summed E-state index contributed by atoms with van der Waals surface area (Å²) in [5, 5.41) is -0.196. The molecule has 4 rings (SSSR count). The largest absolute Gasteiger partial charge is 0.379 e. The number of amides is 2. The normalized spacial score (nSPS) is 19.3. The first-order chi connectivity index (χ1) is 18.0. The van der Waals surface area contributed by atoms with E-state index in [1.807, 2.05) is 0 Å². The molecule has 0 radical (unpaired) electrons. The Morgan fingerprint density at radius 3 is 2.00 bits per heavy atom. The summed E-state index contributed by atoms with van der Waals surface area (Å²) in [4.78, 5) is 28.7. The van der Waals surface area contributed by atoms with Crippen LogP contribution in [-0.2, 0) is 14.8 Å². The summed E-state index contributed by atoms with van der Waals surface area (Å²) in [6.45, 7) is 6.00.